The molecule has 8 nitrogen and oxygen atoms in total. The molecule has 2 aromatic carbocycles. The Bertz CT molecular complexity index is 1240. The Morgan fingerprint density at radius 3 is 2.68 bits per heavy atom. The molecular weight excluding hydrogens is 318 g/mol. The second-order valence-electron chi connectivity index (χ2n) is 5.66. The third-order valence-corrected chi connectivity index (χ3v) is 4.11. The van der Waals surface area contributed by atoms with E-state index >= 15 is 0 Å². The zero-order chi connectivity index (χ0) is 16.8. The molecule has 120 valence electrons. The molecule has 0 saturated carbocycles. The van der Waals surface area contributed by atoms with Crippen molar-refractivity contribution in [3.63, 3.8) is 0 Å². The number of tetrazole rings is 1. The van der Waals surface area contributed by atoms with Crippen molar-refractivity contribution in [2.45, 2.75) is 6.42 Å². The Kier molecular flexibility index (Phi) is 2.84. The quantitative estimate of drug-likeness (QED) is 0.491. The van der Waals surface area contributed by atoms with Crippen molar-refractivity contribution >= 4 is 33.8 Å². The monoisotopic (exact) mass is 329 g/mol. The summed E-state index contributed by atoms with van der Waals surface area (Å²) in [4.78, 5) is 17.5. The maximum atomic E-state index is 13.0. The molecule has 3 aromatic heterocycles. The molecule has 0 atom stereocenters. The molecule has 0 unspecified atom stereocenters. The Balaban J connectivity index is 1.78. The van der Waals surface area contributed by atoms with Crippen LogP contribution in [0.1, 0.15) is 10.4 Å². The highest BCUT2D eigenvalue weighted by atomic mass is 16.2. The number of para-hydroxylation sites is 1. The topological polar surface area (TPSA) is 90.9 Å². The van der Waals surface area contributed by atoms with Gasteiger partial charge in [-0.25, -0.2) is 0 Å². The average molecular weight is 329 g/mol. The van der Waals surface area contributed by atoms with Crippen LogP contribution in [0.5, 0.6) is 0 Å². The van der Waals surface area contributed by atoms with Gasteiger partial charge in [0.1, 0.15) is 5.52 Å². The molecular formula is C17H11N7O. The summed E-state index contributed by atoms with van der Waals surface area (Å²) < 4.78 is 2.86. The smallest absolute Gasteiger partial charge is 0.274 e. The SMILES string of the molecule is O=C(Cc1ccccc1)n1c2ccccc2c2nn3nnnc3nc21. The van der Waals surface area contributed by atoms with Crippen molar-refractivity contribution < 1.29 is 4.79 Å². The summed E-state index contributed by atoms with van der Waals surface area (Å²) in [5.41, 5.74) is 2.76. The van der Waals surface area contributed by atoms with Gasteiger partial charge in [0.2, 0.25) is 5.91 Å². The minimum absolute atomic E-state index is 0.0801. The number of carbonyl (C=O) groups excluding carboxylic acids is 1. The van der Waals surface area contributed by atoms with Crippen LogP contribution in [-0.4, -0.2) is 40.7 Å². The van der Waals surface area contributed by atoms with E-state index in [4.69, 9.17) is 0 Å². The fourth-order valence-electron chi connectivity index (χ4n) is 3.01. The lowest BCUT2D eigenvalue weighted by molar-refractivity contribution is 0.0923. The molecule has 0 spiro atoms. The number of carbonyl (C=O) groups is 1. The van der Waals surface area contributed by atoms with E-state index in [-0.39, 0.29) is 18.1 Å². The van der Waals surface area contributed by atoms with Gasteiger partial charge in [-0.05, 0) is 22.1 Å². The fraction of sp³-hybridized carbons (Fsp3) is 0.0588. The molecule has 0 bridgehead atoms. The zero-order valence-electron chi connectivity index (χ0n) is 12.9. The average Bonchev–Trinajstić information content (AvgIpc) is 3.22. The first-order chi connectivity index (χ1) is 12.3. The first-order valence-corrected chi connectivity index (χ1v) is 7.74. The number of nitrogens with zero attached hydrogens (tertiary/aromatic N) is 7. The van der Waals surface area contributed by atoms with Gasteiger partial charge >= 0.3 is 0 Å². The number of fused-ring (bicyclic) bond motifs is 4. The Morgan fingerprint density at radius 1 is 1.00 bits per heavy atom. The van der Waals surface area contributed by atoms with Crippen molar-refractivity contribution in [3.8, 4) is 0 Å². The van der Waals surface area contributed by atoms with Gasteiger partial charge in [0.05, 0.1) is 11.9 Å². The third-order valence-electron chi connectivity index (χ3n) is 4.11. The lowest BCUT2D eigenvalue weighted by Gasteiger charge is -2.05. The molecule has 5 rings (SSSR count). The van der Waals surface area contributed by atoms with Crippen molar-refractivity contribution in [3.05, 3.63) is 60.2 Å². The highest BCUT2D eigenvalue weighted by Gasteiger charge is 2.20. The Morgan fingerprint density at radius 2 is 1.80 bits per heavy atom. The lowest BCUT2D eigenvalue weighted by Crippen LogP contribution is -2.14. The number of rotatable bonds is 2. The molecule has 3 heterocycles. The number of hydrogen-bond donors (Lipinski definition) is 0. The van der Waals surface area contributed by atoms with Crippen LogP contribution >= 0.6 is 0 Å². The standard InChI is InChI=1S/C17H11N7O/c25-14(10-11-6-2-1-3-7-11)23-13-9-5-4-8-12(13)15-16(23)18-17-19-21-22-24(17)20-15/h1-9H,10H2. The summed E-state index contributed by atoms with van der Waals surface area (Å²) in [5.74, 6) is 0.174. The molecule has 0 saturated heterocycles. The minimum Gasteiger partial charge on any atom is -0.274 e. The van der Waals surface area contributed by atoms with Gasteiger partial charge in [0, 0.05) is 5.39 Å². The van der Waals surface area contributed by atoms with Crippen molar-refractivity contribution in [1.29, 1.82) is 0 Å². The molecule has 0 fully saturated rings. The van der Waals surface area contributed by atoms with Crippen LogP contribution in [-0.2, 0) is 6.42 Å². The summed E-state index contributed by atoms with van der Waals surface area (Å²) in [5, 5.41) is 16.4. The van der Waals surface area contributed by atoms with E-state index in [1.807, 2.05) is 54.6 Å². The molecule has 8 heteroatoms. The van der Waals surface area contributed by atoms with Crippen LogP contribution < -0.4 is 0 Å². The van der Waals surface area contributed by atoms with Gasteiger partial charge in [0.25, 0.3) is 5.78 Å². The van der Waals surface area contributed by atoms with Gasteiger partial charge < -0.3 is 0 Å². The van der Waals surface area contributed by atoms with E-state index in [2.05, 4.69) is 25.6 Å². The molecule has 0 aliphatic rings. The largest absolute Gasteiger partial charge is 0.293 e. The van der Waals surface area contributed by atoms with Crippen LogP contribution in [0.4, 0.5) is 0 Å². The molecule has 5 aromatic rings. The van der Waals surface area contributed by atoms with E-state index in [9.17, 15) is 4.79 Å². The normalized spacial score (nSPS) is 11.5. The highest BCUT2D eigenvalue weighted by Crippen LogP contribution is 2.26. The summed E-state index contributed by atoms with van der Waals surface area (Å²) in [6.07, 6.45) is 0.270. The van der Waals surface area contributed by atoms with Crippen LogP contribution in [0.3, 0.4) is 0 Å². The van der Waals surface area contributed by atoms with Crippen LogP contribution in [0.15, 0.2) is 54.6 Å². The summed E-state index contributed by atoms with van der Waals surface area (Å²) in [6, 6.07) is 17.2. The fourth-order valence-corrected chi connectivity index (χ4v) is 3.01. The van der Waals surface area contributed by atoms with E-state index in [1.54, 1.807) is 4.57 Å². The zero-order valence-corrected chi connectivity index (χ0v) is 12.9. The van der Waals surface area contributed by atoms with E-state index in [0.29, 0.717) is 11.2 Å². The van der Waals surface area contributed by atoms with Crippen LogP contribution in [0.25, 0.3) is 27.8 Å². The number of benzene rings is 2. The van der Waals surface area contributed by atoms with Gasteiger partial charge in [0.15, 0.2) is 5.65 Å². The molecule has 0 aliphatic carbocycles. The first kappa shape index (κ1) is 13.7. The number of hydrogen-bond acceptors (Lipinski definition) is 6. The lowest BCUT2D eigenvalue weighted by atomic mass is 10.1. The molecule has 0 aliphatic heterocycles. The van der Waals surface area contributed by atoms with E-state index in [1.165, 1.54) is 4.63 Å². The third kappa shape index (κ3) is 2.08. The summed E-state index contributed by atoms with van der Waals surface area (Å²) >= 11 is 0. The van der Waals surface area contributed by atoms with Gasteiger partial charge in [-0.1, -0.05) is 58.3 Å². The van der Waals surface area contributed by atoms with Gasteiger partial charge in [-0.3, -0.25) is 9.36 Å². The van der Waals surface area contributed by atoms with Crippen molar-refractivity contribution in [2.75, 3.05) is 0 Å². The summed E-state index contributed by atoms with van der Waals surface area (Å²) in [7, 11) is 0. The van der Waals surface area contributed by atoms with E-state index < -0.39 is 0 Å². The Labute approximate surface area is 140 Å². The predicted octanol–water partition coefficient (Wildman–Crippen LogP) is 1.91. The maximum Gasteiger partial charge on any atom is 0.293 e. The van der Waals surface area contributed by atoms with Gasteiger partial charge in [-0.15, -0.1) is 5.10 Å². The second kappa shape index (κ2) is 5.17. The minimum atomic E-state index is -0.0801. The van der Waals surface area contributed by atoms with Gasteiger partial charge in [-0.2, -0.15) is 4.98 Å². The molecule has 0 amide bonds. The van der Waals surface area contributed by atoms with Crippen molar-refractivity contribution in [2.24, 2.45) is 0 Å². The Hall–Kier alpha value is -3.68. The maximum absolute atomic E-state index is 13.0. The molecule has 0 N–H and O–H groups in total. The number of aromatic nitrogens is 7. The first-order valence-electron chi connectivity index (χ1n) is 7.74. The molecule has 25 heavy (non-hydrogen) atoms. The predicted molar refractivity (Wildman–Crippen MR) is 90.1 cm³/mol. The highest BCUT2D eigenvalue weighted by molar-refractivity contribution is 6.10. The summed E-state index contributed by atoms with van der Waals surface area (Å²) in [6.45, 7) is 0. The molecule has 0 radical (unpaired) electrons. The van der Waals surface area contributed by atoms with E-state index in [0.717, 1.165) is 16.5 Å². The second-order valence-corrected chi connectivity index (χ2v) is 5.66. The van der Waals surface area contributed by atoms with Crippen molar-refractivity contribution in [1.82, 2.24) is 34.8 Å². The van der Waals surface area contributed by atoms with Crippen LogP contribution in [0, 0.1) is 0 Å². The van der Waals surface area contributed by atoms with Crippen LogP contribution in [0.2, 0.25) is 0 Å².